The molecule has 0 saturated heterocycles. The third-order valence-corrected chi connectivity index (χ3v) is 5.62. The monoisotopic (exact) mass is 440 g/mol. The van der Waals surface area contributed by atoms with Crippen LogP contribution in [0.1, 0.15) is 36.8 Å². The molecule has 2 amide bonds. The zero-order valence-electron chi connectivity index (χ0n) is 17.9. The number of fused-ring (bicyclic) bond motifs is 3. The van der Waals surface area contributed by atoms with Crippen LogP contribution in [0.15, 0.2) is 48.5 Å². The molecule has 1 unspecified atom stereocenters. The molecule has 32 heavy (non-hydrogen) atoms. The zero-order valence-corrected chi connectivity index (χ0v) is 17.9. The number of hydrogen-bond acceptors (Lipinski definition) is 5. The summed E-state index contributed by atoms with van der Waals surface area (Å²) in [6.45, 7) is 1.76. The molecule has 0 aromatic heterocycles. The van der Waals surface area contributed by atoms with Crippen molar-refractivity contribution >= 4 is 18.0 Å². The highest BCUT2D eigenvalue weighted by atomic mass is 16.5. The van der Waals surface area contributed by atoms with Crippen molar-refractivity contribution in [1.29, 1.82) is 0 Å². The van der Waals surface area contributed by atoms with Gasteiger partial charge in [-0.05, 0) is 34.6 Å². The van der Waals surface area contributed by atoms with Crippen molar-refractivity contribution in [2.75, 3.05) is 19.8 Å². The average molecular weight is 440 g/mol. The van der Waals surface area contributed by atoms with E-state index in [-0.39, 0.29) is 24.9 Å². The average Bonchev–Trinajstić information content (AvgIpc) is 3.12. The molecule has 2 aromatic carbocycles. The van der Waals surface area contributed by atoms with Crippen molar-refractivity contribution in [3.05, 3.63) is 59.7 Å². The number of aliphatic carboxylic acids is 1. The molecular formula is C24H28N2O6. The Kier molecular flexibility index (Phi) is 7.83. The van der Waals surface area contributed by atoms with Crippen LogP contribution in [0.25, 0.3) is 11.1 Å². The largest absolute Gasteiger partial charge is 0.480 e. The van der Waals surface area contributed by atoms with Crippen molar-refractivity contribution in [1.82, 2.24) is 10.6 Å². The number of carbonyl (C=O) groups is 3. The molecule has 0 saturated carbocycles. The molecule has 2 atom stereocenters. The fraction of sp³-hybridized carbons (Fsp3) is 0.375. The van der Waals surface area contributed by atoms with E-state index in [1.54, 1.807) is 0 Å². The first-order valence-corrected chi connectivity index (χ1v) is 10.6. The molecule has 2 aromatic rings. The molecule has 0 spiro atoms. The number of aliphatic hydroxyl groups is 1. The van der Waals surface area contributed by atoms with Crippen LogP contribution in [-0.4, -0.2) is 54.0 Å². The van der Waals surface area contributed by atoms with Crippen LogP contribution >= 0.6 is 0 Å². The van der Waals surface area contributed by atoms with Crippen LogP contribution in [-0.2, 0) is 14.3 Å². The van der Waals surface area contributed by atoms with Crippen molar-refractivity contribution in [3.8, 4) is 11.1 Å². The van der Waals surface area contributed by atoms with E-state index < -0.39 is 30.6 Å². The minimum absolute atomic E-state index is 0.0111. The van der Waals surface area contributed by atoms with Crippen LogP contribution < -0.4 is 10.6 Å². The number of carbonyl (C=O) groups excluding carboxylic acids is 2. The Hall–Kier alpha value is -3.39. The van der Waals surface area contributed by atoms with E-state index in [0.717, 1.165) is 22.3 Å². The first-order chi connectivity index (χ1) is 15.4. The van der Waals surface area contributed by atoms with Crippen molar-refractivity contribution in [2.45, 2.75) is 31.7 Å². The number of amides is 2. The molecule has 1 aliphatic rings. The quantitative estimate of drug-likeness (QED) is 0.450. The fourth-order valence-corrected chi connectivity index (χ4v) is 3.84. The van der Waals surface area contributed by atoms with E-state index >= 15 is 0 Å². The fourth-order valence-electron chi connectivity index (χ4n) is 3.84. The number of nitrogens with one attached hydrogen (secondary N) is 2. The molecule has 4 N–H and O–H groups in total. The van der Waals surface area contributed by atoms with Gasteiger partial charge in [-0.15, -0.1) is 0 Å². The normalized spacial score (nSPS) is 14.1. The second kappa shape index (κ2) is 10.8. The van der Waals surface area contributed by atoms with E-state index in [2.05, 4.69) is 34.9 Å². The summed E-state index contributed by atoms with van der Waals surface area (Å²) in [7, 11) is 0. The molecule has 3 rings (SSSR count). The lowest BCUT2D eigenvalue weighted by molar-refractivity contribution is -0.143. The summed E-state index contributed by atoms with van der Waals surface area (Å²) in [6, 6.07) is 14.9. The highest BCUT2D eigenvalue weighted by Gasteiger charge is 2.29. The van der Waals surface area contributed by atoms with Crippen molar-refractivity contribution in [2.24, 2.45) is 5.92 Å². The van der Waals surface area contributed by atoms with Crippen LogP contribution in [0, 0.1) is 5.92 Å². The molecule has 8 nitrogen and oxygen atoms in total. The van der Waals surface area contributed by atoms with Crippen LogP contribution in [0.5, 0.6) is 0 Å². The van der Waals surface area contributed by atoms with Gasteiger partial charge in [-0.3, -0.25) is 4.79 Å². The molecule has 1 aliphatic carbocycles. The van der Waals surface area contributed by atoms with Gasteiger partial charge in [-0.25, -0.2) is 9.59 Å². The van der Waals surface area contributed by atoms with Gasteiger partial charge in [0.2, 0.25) is 5.91 Å². The molecular weight excluding hydrogens is 412 g/mol. The lowest BCUT2D eigenvalue weighted by Gasteiger charge is -2.16. The minimum Gasteiger partial charge on any atom is -0.480 e. The summed E-state index contributed by atoms with van der Waals surface area (Å²) >= 11 is 0. The van der Waals surface area contributed by atoms with Gasteiger partial charge < -0.3 is 25.6 Å². The van der Waals surface area contributed by atoms with Crippen LogP contribution in [0.3, 0.4) is 0 Å². The van der Waals surface area contributed by atoms with Gasteiger partial charge in [0.1, 0.15) is 12.6 Å². The van der Waals surface area contributed by atoms with E-state index in [0.29, 0.717) is 13.0 Å². The summed E-state index contributed by atoms with van der Waals surface area (Å²) in [6.07, 6.45) is 0.0271. The summed E-state index contributed by atoms with van der Waals surface area (Å²) < 4.78 is 5.49. The maximum Gasteiger partial charge on any atom is 0.407 e. The van der Waals surface area contributed by atoms with E-state index in [9.17, 15) is 14.4 Å². The van der Waals surface area contributed by atoms with Crippen molar-refractivity contribution < 1.29 is 29.3 Å². The third-order valence-electron chi connectivity index (χ3n) is 5.62. The number of carboxylic acid groups (broad SMARTS) is 1. The first kappa shape index (κ1) is 23.3. The SMILES string of the molecule is CC(CCC(=O)N[C@@H](CO)C(=O)O)CNC(=O)OCC1c2ccccc2-c2ccccc21. The van der Waals surface area contributed by atoms with Gasteiger partial charge in [-0.1, -0.05) is 55.5 Å². The molecule has 8 heteroatoms. The van der Waals surface area contributed by atoms with Gasteiger partial charge in [0.15, 0.2) is 0 Å². The smallest absolute Gasteiger partial charge is 0.407 e. The lowest BCUT2D eigenvalue weighted by Crippen LogP contribution is -2.43. The van der Waals surface area contributed by atoms with E-state index in [4.69, 9.17) is 14.9 Å². The predicted octanol–water partition coefficient (Wildman–Crippen LogP) is 2.50. The first-order valence-electron chi connectivity index (χ1n) is 10.6. The number of benzene rings is 2. The van der Waals surface area contributed by atoms with Gasteiger partial charge in [0.05, 0.1) is 6.61 Å². The predicted molar refractivity (Wildman–Crippen MR) is 118 cm³/mol. The number of carboxylic acids is 1. The summed E-state index contributed by atoms with van der Waals surface area (Å²) in [5.74, 6) is -1.77. The zero-order chi connectivity index (χ0) is 23.1. The van der Waals surface area contributed by atoms with Gasteiger partial charge in [-0.2, -0.15) is 0 Å². The number of aliphatic hydroxyl groups excluding tert-OH is 1. The van der Waals surface area contributed by atoms with Gasteiger partial charge in [0, 0.05) is 18.9 Å². The molecule has 0 heterocycles. The molecule has 170 valence electrons. The minimum atomic E-state index is -1.31. The topological polar surface area (TPSA) is 125 Å². The maximum atomic E-state index is 12.2. The van der Waals surface area contributed by atoms with Gasteiger partial charge in [0.25, 0.3) is 0 Å². The van der Waals surface area contributed by atoms with Crippen molar-refractivity contribution in [3.63, 3.8) is 0 Å². The van der Waals surface area contributed by atoms with Crippen LogP contribution in [0.4, 0.5) is 4.79 Å². The molecule has 0 aliphatic heterocycles. The highest BCUT2D eigenvalue weighted by molar-refractivity contribution is 5.83. The second-order valence-electron chi connectivity index (χ2n) is 7.99. The summed E-state index contributed by atoms with van der Waals surface area (Å²) in [4.78, 5) is 34.9. The Balaban J connectivity index is 1.43. The maximum absolute atomic E-state index is 12.2. The number of hydrogen-bond donors (Lipinski definition) is 4. The number of ether oxygens (including phenoxy) is 1. The van der Waals surface area contributed by atoms with E-state index in [1.165, 1.54) is 0 Å². The standard InChI is InChI=1S/C24H28N2O6/c1-15(10-11-22(28)26-21(13-27)23(29)30)12-25-24(31)32-14-20-18-8-4-2-6-16(18)17-7-3-5-9-19(17)20/h2-9,15,20-21,27H,10-14H2,1H3,(H,25,31)(H,26,28)(H,29,30)/t15?,21-/m0/s1. The number of alkyl carbamates (subject to hydrolysis) is 1. The Morgan fingerprint density at radius 1 is 1.03 bits per heavy atom. The highest BCUT2D eigenvalue weighted by Crippen LogP contribution is 2.44. The van der Waals surface area contributed by atoms with Crippen LogP contribution in [0.2, 0.25) is 0 Å². The second-order valence-corrected chi connectivity index (χ2v) is 7.99. The molecule has 0 bridgehead atoms. The van der Waals surface area contributed by atoms with E-state index in [1.807, 2.05) is 31.2 Å². The summed E-state index contributed by atoms with van der Waals surface area (Å²) in [5.41, 5.74) is 4.61. The molecule has 0 radical (unpaired) electrons. The summed E-state index contributed by atoms with van der Waals surface area (Å²) in [5, 5.41) is 22.8. The lowest BCUT2D eigenvalue weighted by atomic mass is 9.98. The Bertz CT molecular complexity index is 931. The third kappa shape index (κ3) is 5.64. The Labute approximate surface area is 186 Å². The number of rotatable bonds is 10. The molecule has 0 fully saturated rings. The Morgan fingerprint density at radius 2 is 1.62 bits per heavy atom. The van der Waals surface area contributed by atoms with Gasteiger partial charge >= 0.3 is 12.1 Å². The Morgan fingerprint density at radius 3 is 2.19 bits per heavy atom.